The first-order valence-electron chi connectivity index (χ1n) is 5.75. The van der Waals surface area contributed by atoms with Crippen molar-refractivity contribution in [2.75, 3.05) is 17.6 Å². The number of nitrogens with one attached hydrogen (secondary N) is 1. The molecule has 0 fully saturated rings. The van der Waals surface area contributed by atoms with Crippen LogP contribution in [0.15, 0.2) is 41.3 Å². The number of anilines is 2. The molecular weight excluding hydrogens is 302 g/mol. The lowest BCUT2D eigenvalue weighted by Crippen LogP contribution is -2.15. The van der Waals surface area contributed by atoms with Gasteiger partial charge in [0.15, 0.2) is 11.6 Å². The molecule has 0 amide bonds. The van der Waals surface area contributed by atoms with Crippen molar-refractivity contribution in [2.24, 2.45) is 0 Å². The first-order chi connectivity index (χ1) is 9.83. The maximum Gasteiger partial charge on any atom is 0.264 e. The fourth-order valence-corrected chi connectivity index (χ4v) is 2.87. The van der Waals surface area contributed by atoms with Gasteiger partial charge in [-0.25, -0.2) is 17.2 Å². The van der Waals surface area contributed by atoms with E-state index in [1.54, 1.807) is 0 Å². The first-order valence-corrected chi connectivity index (χ1v) is 7.23. The van der Waals surface area contributed by atoms with Gasteiger partial charge in [0.2, 0.25) is 0 Å². The molecule has 3 N–H and O–H groups in total. The maximum atomic E-state index is 13.5. The van der Waals surface area contributed by atoms with Gasteiger partial charge in [-0.1, -0.05) is 0 Å². The van der Waals surface area contributed by atoms with Gasteiger partial charge in [-0.15, -0.1) is 0 Å². The van der Waals surface area contributed by atoms with Gasteiger partial charge in [0.05, 0.1) is 18.5 Å². The predicted molar refractivity (Wildman–Crippen MR) is 74.6 cm³/mol. The predicted octanol–water partition coefficient (Wildman–Crippen LogP) is 2.36. The smallest absolute Gasteiger partial charge is 0.264 e. The number of nitrogens with two attached hydrogens (primary N) is 1. The topological polar surface area (TPSA) is 81.4 Å². The van der Waals surface area contributed by atoms with Crippen molar-refractivity contribution in [1.82, 2.24) is 0 Å². The van der Waals surface area contributed by atoms with Crippen LogP contribution in [-0.2, 0) is 10.0 Å². The molecule has 0 saturated heterocycles. The van der Waals surface area contributed by atoms with Crippen LogP contribution in [-0.4, -0.2) is 15.5 Å². The number of hydrogen-bond acceptors (Lipinski definition) is 4. The molecular formula is C13H12F2N2O3S. The third-order valence-corrected chi connectivity index (χ3v) is 4.11. The zero-order chi connectivity index (χ0) is 15.6. The first kappa shape index (κ1) is 15.0. The molecule has 21 heavy (non-hydrogen) atoms. The van der Waals surface area contributed by atoms with E-state index in [9.17, 15) is 17.2 Å². The Morgan fingerprint density at radius 2 is 1.86 bits per heavy atom. The van der Waals surface area contributed by atoms with Gasteiger partial charge in [0.1, 0.15) is 10.7 Å². The highest BCUT2D eigenvalue weighted by Crippen LogP contribution is 2.25. The van der Waals surface area contributed by atoms with Gasteiger partial charge in [0.25, 0.3) is 10.0 Å². The van der Waals surface area contributed by atoms with E-state index in [2.05, 4.69) is 4.72 Å². The Hall–Kier alpha value is -2.35. The minimum Gasteiger partial charge on any atom is -0.494 e. The van der Waals surface area contributed by atoms with E-state index < -0.39 is 26.6 Å². The van der Waals surface area contributed by atoms with Crippen LogP contribution in [0.1, 0.15) is 0 Å². The van der Waals surface area contributed by atoms with E-state index in [1.807, 2.05) is 0 Å². The minimum absolute atomic E-state index is 0.0248. The summed E-state index contributed by atoms with van der Waals surface area (Å²) in [7, 11) is -2.84. The SMILES string of the molecule is COc1ccc(NS(=O)(=O)c2cc(F)ccc2N)cc1F. The second kappa shape index (κ2) is 5.57. The van der Waals surface area contributed by atoms with Crippen molar-refractivity contribution in [3.05, 3.63) is 48.0 Å². The van der Waals surface area contributed by atoms with Crippen LogP contribution in [0.25, 0.3) is 0 Å². The Bertz CT molecular complexity index is 779. The fourth-order valence-electron chi connectivity index (χ4n) is 1.68. The summed E-state index contributed by atoms with van der Waals surface area (Å²) >= 11 is 0. The Balaban J connectivity index is 2.37. The van der Waals surface area contributed by atoms with Crippen LogP contribution in [0.4, 0.5) is 20.2 Å². The summed E-state index contributed by atoms with van der Waals surface area (Å²) in [6, 6.07) is 6.50. The summed E-state index contributed by atoms with van der Waals surface area (Å²) in [5.74, 6) is -1.50. The van der Waals surface area contributed by atoms with Crippen LogP contribution < -0.4 is 15.2 Å². The van der Waals surface area contributed by atoms with Gasteiger partial charge in [0, 0.05) is 6.07 Å². The molecule has 0 unspecified atom stereocenters. The largest absolute Gasteiger partial charge is 0.494 e. The fraction of sp³-hybridized carbons (Fsp3) is 0.0769. The van der Waals surface area contributed by atoms with Gasteiger partial charge >= 0.3 is 0 Å². The van der Waals surface area contributed by atoms with Crippen molar-refractivity contribution in [2.45, 2.75) is 4.90 Å². The zero-order valence-electron chi connectivity index (χ0n) is 10.9. The van der Waals surface area contributed by atoms with Crippen molar-refractivity contribution in [3.8, 4) is 5.75 Å². The van der Waals surface area contributed by atoms with E-state index in [1.165, 1.54) is 19.2 Å². The van der Waals surface area contributed by atoms with Crippen LogP contribution in [0.3, 0.4) is 0 Å². The Kier molecular flexibility index (Phi) is 3.99. The van der Waals surface area contributed by atoms with E-state index in [4.69, 9.17) is 10.5 Å². The Labute approximate surface area is 120 Å². The van der Waals surface area contributed by atoms with Crippen LogP contribution in [0, 0.1) is 11.6 Å². The molecule has 2 aromatic rings. The molecule has 8 heteroatoms. The molecule has 0 aromatic heterocycles. The summed E-state index contributed by atoms with van der Waals surface area (Å²) < 4.78 is 57.8. The number of hydrogen-bond donors (Lipinski definition) is 2. The lowest BCUT2D eigenvalue weighted by molar-refractivity contribution is 0.386. The highest BCUT2D eigenvalue weighted by molar-refractivity contribution is 7.92. The third-order valence-electron chi connectivity index (χ3n) is 2.67. The van der Waals surface area contributed by atoms with Crippen LogP contribution >= 0.6 is 0 Å². The molecule has 0 saturated carbocycles. The number of rotatable bonds is 4. The molecule has 0 atom stereocenters. The summed E-state index contributed by atoms with van der Waals surface area (Å²) in [6.07, 6.45) is 0. The van der Waals surface area contributed by atoms with Crippen molar-refractivity contribution in [3.63, 3.8) is 0 Å². The summed E-state index contributed by atoms with van der Waals surface area (Å²) in [4.78, 5) is -0.418. The molecule has 0 aliphatic heterocycles. The van der Waals surface area contributed by atoms with E-state index in [0.717, 1.165) is 24.3 Å². The van der Waals surface area contributed by atoms with E-state index in [0.29, 0.717) is 0 Å². The Morgan fingerprint density at radius 3 is 2.48 bits per heavy atom. The van der Waals surface area contributed by atoms with E-state index >= 15 is 0 Å². The highest BCUT2D eigenvalue weighted by atomic mass is 32.2. The molecule has 0 radical (unpaired) electrons. The number of nitrogen functional groups attached to an aromatic ring is 1. The standard InChI is InChI=1S/C13H12F2N2O3S/c1-20-12-5-3-9(7-10(12)15)17-21(18,19)13-6-8(14)2-4-11(13)16/h2-7,17H,16H2,1H3. The summed E-state index contributed by atoms with van der Waals surface area (Å²) in [5.41, 5.74) is 5.38. The maximum absolute atomic E-state index is 13.5. The molecule has 0 aliphatic rings. The number of ether oxygens (including phenoxy) is 1. The average Bonchev–Trinajstić information content (AvgIpc) is 2.41. The van der Waals surface area contributed by atoms with Gasteiger partial charge in [-0.2, -0.15) is 0 Å². The number of benzene rings is 2. The average molecular weight is 314 g/mol. The second-order valence-electron chi connectivity index (χ2n) is 4.14. The molecule has 2 aromatic carbocycles. The van der Waals surface area contributed by atoms with Gasteiger partial charge in [-0.3, -0.25) is 4.72 Å². The minimum atomic E-state index is -4.13. The number of sulfonamides is 1. The molecule has 0 aliphatic carbocycles. The lowest BCUT2D eigenvalue weighted by atomic mass is 10.3. The van der Waals surface area contributed by atoms with Crippen LogP contribution in [0.2, 0.25) is 0 Å². The van der Waals surface area contributed by atoms with Gasteiger partial charge in [-0.05, 0) is 30.3 Å². The van der Waals surface area contributed by atoms with Crippen molar-refractivity contribution in [1.29, 1.82) is 0 Å². The van der Waals surface area contributed by atoms with E-state index in [-0.39, 0.29) is 17.1 Å². The number of methoxy groups -OCH3 is 1. The molecule has 0 spiro atoms. The molecule has 5 nitrogen and oxygen atoms in total. The second-order valence-corrected chi connectivity index (χ2v) is 5.79. The molecule has 2 rings (SSSR count). The third kappa shape index (κ3) is 3.22. The molecule has 0 bridgehead atoms. The van der Waals surface area contributed by atoms with Crippen molar-refractivity contribution >= 4 is 21.4 Å². The van der Waals surface area contributed by atoms with Crippen molar-refractivity contribution < 1.29 is 21.9 Å². The summed E-state index contributed by atoms with van der Waals surface area (Å²) in [6.45, 7) is 0. The zero-order valence-corrected chi connectivity index (χ0v) is 11.7. The quantitative estimate of drug-likeness (QED) is 0.849. The molecule has 112 valence electrons. The monoisotopic (exact) mass is 314 g/mol. The summed E-state index contributed by atoms with van der Waals surface area (Å²) in [5, 5.41) is 0. The highest BCUT2D eigenvalue weighted by Gasteiger charge is 2.19. The Morgan fingerprint density at radius 1 is 1.14 bits per heavy atom. The normalized spacial score (nSPS) is 11.2. The molecule has 0 heterocycles. The van der Waals surface area contributed by atoms with Crippen LogP contribution in [0.5, 0.6) is 5.75 Å². The van der Waals surface area contributed by atoms with Gasteiger partial charge < -0.3 is 10.5 Å². The number of halogens is 2. The lowest BCUT2D eigenvalue weighted by Gasteiger charge is -2.11.